The van der Waals surface area contributed by atoms with Gasteiger partial charge in [-0.15, -0.1) is 0 Å². The first-order valence-corrected chi connectivity index (χ1v) is 19.7. The van der Waals surface area contributed by atoms with Crippen LogP contribution in [0.15, 0.2) is 194 Å². The second kappa shape index (κ2) is 13.0. The van der Waals surface area contributed by atoms with Gasteiger partial charge in [-0.25, -0.2) is 9.97 Å². The molecule has 9 aromatic carbocycles. The van der Waals surface area contributed by atoms with Gasteiger partial charge in [-0.2, -0.15) is 0 Å². The Morgan fingerprint density at radius 2 is 0.930 bits per heavy atom. The molecule has 0 saturated carbocycles. The Balaban J connectivity index is 0.986. The van der Waals surface area contributed by atoms with Gasteiger partial charge in [0.2, 0.25) is 0 Å². The van der Waals surface area contributed by atoms with Crippen molar-refractivity contribution in [2.75, 3.05) is 0 Å². The number of aromatic nitrogens is 2. The van der Waals surface area contributed by atoms with Gasteiger partial charge in [0.1, 0.15) is 0 Å². The number of hydrogen-bond acceptors (Lipinski definition) is 2. The van der Waals surface area contributed by atoms with Crippen LogP contribution in [0.3, 0.4) is 0 Å². The molecule has 0 bridgehead atoms. The highest BCUT2D eigenvalue weighted by molar-refractivity contribution is 6.20. The molecule has 0 amide bonds. The summed E-state index contributed by atoms with van der Waals surface area (Å²) in [6.07, 6.45) is 0. The first-order chi connectivity index (χ1) is 28.0. The minimum Gasteiger partial charge on any atom is -0.228 e. The van der Waals surface area contributed by atoms with Crippen molar-refractivity contribution in [3.8, 4) is 67.3 Å². The normalized spacial score (nSPS) is 12.9. The van der Waals surface area contributed by atoms with Crippen LogP contribution in [0, 0.1) is 0 Å². The Kier molecular flexibility index (Phi) is 7.55. The smallest absolute Gasteiger partial charge is 0.160 e. The fourth-order valence-electron chi connectivity index (χ4n) is 9.21. The summed E-state index contributed by atoms with van der Waals surface area (Å²) >= 11 is 0. The molecule has 0 radical (unpaired) electrons. The van der Waals surface area contributed by atoms with Gasteiger partial charge in [0.15, 0.2) is 5.82 Å². The molecule has 57 heavy (non-hydrogen) atoms. The maximum Gasteiger partial charge on any atom is 0.160 e. The van der Waals surface area contributed by atoms with Gasteiger partial charge in [-0.3, -0.25) is 0 Å². The summed E-state index contributed by atoms with van der Waals surface area (Å²) in [5, 5.41) is 7.63. The van der Waals surface area contributed by atoms with E-state index in [1.165, 1.54) is 71.3 Å². The monoisotopic (exact) mass is 726 g/mol. The predicted molar refractivity (Wildman–Crippen MR) is 239 cm³/mol. The fourth-order valence-corrected chi connectivity index (χ4v) is 9.21. The largest absolute Gasteiger partial charge is 0.228 e. The van der Waals surface area contributed by atoms with Crippen LogP contribution in [0.4, 0.5) is 0 Å². The summed E-state index contributed by atoms with van der Waals surface area (Å²) in [7, 11) is 0. The molecule has 0 fully saturated rings. The molecular weight excluding hydrogens is 689 g/mol. The second-order valence-corrected chi connectivity index (χ2v) is 15.7. The summed E-state index contributed by atoms with van der Waals surface area (Å²) < 4.78 is 0. The van der Waals surface area contributed by atoms with Crippen molar-refractivity contribution < 1.29 is 0 Å². The summed E-state index contributed by atoms with van der Waals surface area (Å²) in [6.45, 7) is 4.65. The highest BCUT2D eigenvalue weighted by Gasteiger charge is 2.36. The standard InChI is InChI=1S/C55H38N2/c1-55(2)48-21-11-10-19-45(48)53-46(20-12-22-49(53)55)51-34-50(56-54(57-51)40-14-4-3-5-15-40)38-27-23-35(24-28-38)36-25-29-39(30-26-36)52-43-18-9-7-16-41(43)33-47-42-17-8-6-13-37(42)31-32-44(47)52/h3-34H,1-2H3. The zero-order valence-electron chi connectivity index (χ0n) is 31.9. The molecule has 2 heteroatoms. The molecule has 0 saturated heterocycles. The van der Waals surface area contributed by atoms with E-state index in [-0.39, 0.29) is 5.41 Å². The molecule has 0 aliphatic heterocycles. The third-order valence-corrected chi connectivity index (χ3v) is 12.1. The van der Waals surface area contributed by atoms with E-state index in [9.17, 15) is 0 Å². The first kappa shape index (κ1) is 33.2. The highest BCUT2D eigenvalue weighted by Crippen LogP contribution is 2.52. The van der Waals surface area contributed by atoms with Gasteiger partial charge in [-0.05, 0) is 89.0 Å². The summed E-state index contributed by atoms with van der Waals surface area (Å²) in [4.78, 5) is 10.4. The second-order valence-electron chi connectivity index (χ2n) is 15.7. The minimum atomic E-state index is -0.0916. The van der Waals surface area contributed by atoms with E-state index in [0.29, 0.717) is 0 Å². The average Bonchev–Trinajstić information content (AvgIpc) is 3.51. The van der Waals surface area contributed by atoms with Gasteiger partial charge in [-0.1, -0.05) is 196 Å². The van der Waals surface area contributed by atoms with Gasteiger partial charge in [0.25, 0.3) is 0 Å². The van der Waals surface area contributed by atoms with Crippen LogP contribution in [0.5, 0.6) is 0 Å². The molecule has 0 atom stereocenters. The number of fused-ring (bicyclic) bond motifs is 7. The fraction of sp³-hybridized carbons (Fsp3) is 0.0545. The van der Waals surface area contributed by atoms with Crippen molar-refractivity contribution in [3.63, 3.8) is 0 Å². The zero-order chi connectivity index (χ0) is 38.1. The lowest BCUT2D eigenvalue weighted by molar-refractivity contribution is 0.660. The Bertz CT molecular complexity index is 3180. The maximum absolute atomic E-state index is 5.24. The molecule has 1 aliphatic carbocycles. The van der Waals surface area contributed by atoms with E-state index in [1.54, 1.807) is 0 Å². The molecule has 11 rings (SSSR count). The van der Waals surface area contributed by atoms with Crippen LogP contribution >= 0.6 is 0 Å². The Labute approximate surface area is 332 Å². The van der Waals surface area contributed by atoms with Crippen molar-refractivity contribution in [1.29, 1.82) is 0 Å². The van der Waals surface area contributed by atoms with Crippen molar-refractivity contribution >= 4 is 32.3 Å². The van der Waals surface area contributed by atoms with Gasteiger partial charge < -0.3 is 0 Å². The van der Waals surface area contributed by atoms with E-state index < -0.39 is 0 Å². The Morgan fingerprint density at radius 3 is 1.72 bits per heavy atom. The van der Waals surface area contributed by atoms with E-state index in [2.05, 4.69) is 202 Å². The zero-order valence-corrected chi connectivity index (χ0v) is 31.9. The lowest BCUT2D eigenvalue weighted by atomic mass is 9.82. The molecule has 1 heterocycles. The quantitative estimate of drug-likeness (QED) is 0.130. The molecule has 1 aliphatic rings. The van der Waals surface area contributed by atoms with Crippen LogP contribution in [0.2, 0.25) is 0 Å². The van der Waals surface area contributed by atoms with Crippen LogP contribution in [-0.4, -0.2) is 9.97 Å². The number of rotatable bonds is 5. The van der Waals surface area contributed by atoms with Gasteiger partial charge >= 0.3 is 0 Å². The summed E-state index contributed by atoms with van der Waals surface area (Å²) in [5.74, 6) is 0.722. The highest BCUT2D eigenvalue weighted by atomic mass is 14.9. The van der Waals surface area contributed by atoms with E-state index >= 15 is 0 Å². The topological polar surface area (TPSA) is 25.8 Å². The third kappa shape index (κ3) is 5.40. The summed E-state index contributed by atoms with van der Waals surface area (Å²) in [5.41, 5.74) is 15.0. The van der Waals surface area contributed by atoms with Crippen molar-refractivity contribution in [1.82, 2.24) is 9.97 Å². The molecule has 0 unspecified atom stereocenters. The molecule has 0 N–H and O–H groups in total. The Hall–Kier alpha value is -7.16. The number of benzene rings is 9. The molecule has 2 nitrogen and oxygen atoms in total. The van der Waals surface area contributed by atoms with Crippen LogP contribution in [0.25, 0.3) is 99.6 Å². The molecule has 1 aromatic heterocycles. The van der Waals surface area contributed by atoms with E-state index in [1.807, 2.05) is 6.07 Å². The minimum absolute atomic E-state index is 0.0916. The van der Waals surface area contributed by atoms with Gasteiger partial charge in [0, 0.05) is 22.1 Å². The number of hydrogen-bond donors (Lipinski definition) is 0. The van der Waals surface area contributed by atoms with Crippen LogP contribution in [0.1, 0.15) is 25.0 Å². The lowest BCUT2D eigenvalue weighted by Gasteiger charge is -2.21. The van der Waals surface area contributed by atoms with E-state index in [4.69, 9.17) is 9.97 Å². The molecule has 0 spiro atoms. The maximum atomic E-state index is 5.24. The van der Waals surface area contributed by atoms with E-state index in [0.717, 1.165) is 39.5 Å². The van der Waals surface area contributed by atoms with Crippen molar-refractivity contribution in [2.24, 2.45) is 0 Å². The van der Waals surface area contributed by atoms with Gasteiger partial charge in [0.05, 0.1) is 11.4 Å². The molecular formula is C55H38N2. The Morgan fingerprint density at radius 1 is 0.333 bits per heavy atom. The summed E-state index contributed by atoms with van der Waals surface area (Å²) in [6, 6.07) is 70.2. The van der Waals surface area contributed by atoms with Crippen LogP contribution in [-0.2, 0) is 5.41 Å². The molecule has 268 valence electrons. The number of nitrogens with zero attached hydrogens (tertiary/aromatic N) is 2. The third-order valence-electron chi connectivity index (χ3n) is 12.1. The van der Waals surface area contributed by atoms with Crippen molar-refractivity contribution in [2.45, 2.75) is 19.3 Å². The molecule has 10 aromatic rings. The van der Waals surface area contributed by atoms with Crippen molar-refractivity contribution in [3.05, 3.63) is 205 Å². The first-order valence-electron chi connectivity index (χ1n) is 19.7. The lowest BCUT2D eigenvalue weighted by Crippen LogP contribution is -2.14. The SMILES string of the molecule is CC1(C)c2ccccc2-c2c(-c3cc(-c4ccc(-c5ccc(-c6c7ccccc7cc7c6ccc6ccccc67)cc5)cc4)nc(-c4ccccc4)n3)cccc21. The van der Waals surface area contributed by atoms with Crippen LogP contribution < -0.4 is 0 Å². The average molecular weight is 727 g/mol. The predicted octanol–water partition coefficient (Wildman–Crippen LogP) is 14.6.